The first-order chi connectivity index (χ1) is 9.47. The molecule has 1 amide bonds. The number of benzene rings is 2. The van der Waals surface area contributed by atoms with Gasteiger partial charge in [0, 0.05) is 27.3 Å². The van der Waals surface area contributed by atoms with Crippen molar-refractivity contribution >= 4 is 39.1 Å². The monoisotopic (exact) mass is 352 g/mol. The topological polar surface area (TPSA) is 55.1 Å². The smallest absolute Gasteiger partial charge is 0.248 e. The quantitative estimate of drug-likeness (QED) is 0.868. The molecule has 0 aliphatic heterocycles. The van der Waals surface area contributed by atoms with Gasteiger partial charge in [-0.1, -0.05) is 27.5 Å². The predicted octanol–water partition coefficient (Wildman–Crippen LogP) is 4.12. The zero-order valence-electron chi connectivity index (χ0n) is 10.9. The zero-order chi connectivity index (χ0) is 14.7. The molecule has 0 fully saturated rings. The molecule has 3 nitrogen and oxygen atoms in total. The van der Waals surface area contributed by atoms with Gasteiger partial charge in [0.15, 0.2) is 0 Å². The molecule has 0 aliphatic rings. The average molecular weight is 354 g/mol. The molecular weight excluding hydrogens is 340 g/mol. The van der Waals surface area contributed by atoms with E-state index in [9.17, 15) is 4.79 Å². The summed E-state index contributed by atoms with van der Waals surface area (Å²) in [6, 6.07) is 11.1. The minimum absolute atomic E-state index is 0.422. The van der Waals surface area contributed by atoms with Crippen LogP contribution in [0.15, 0.2) is 40.9 Å². The minimum Gasteiger partial charge on any atom is -0.381 e. The predicted molar refractivity (Wildman–Crippen MR) is 86.2 cm³/mol. The van der Waals surface area contributed by atoms with Gasteiger partial charge in [0.05, 0.1) is 0 Å². The fourth-order valence-electron chi connectivity index (χ4n) is 1.88. The molecule has 0 saturated carbocycles. The highest BCUT2D eigenvalue weighted by Gasteiger charge is 2.05. The number of aryl methyl sites for hydroxylation is 1. The van der Waals surface area contributed by atoms with Gasteiger partial charge in [-0.15, -0.1) is 0 Å². The van der Waals surface area contributed by atoms with Crippen molar-refractivity contribution in [2.45, 2.75) is 13.5 Å². The Labute approximate surface area is 131 Å². The number of amides is 1. The van der Waals surface area contributed by atoms with Crippen LogP contribution in [0.3, 0.4) is 0 Å². The Morgan fingerprint density at radius 3 is 2.70 bits per heavy atom. The van der Waals surface area contributed by atoms with Crippen molar-refractivity contribution in [1.29, 1.82) is 0 Å². The Kier molecular flexibility index (Phi) is 4.68. The highest BCUT2D eigenvalue weighted by molar-refractivity contribution is 9.10. The van der Waals surface area contributed by atoms with E-state index in [2.05, 4.69) is 21.2 Å². The van der Waals surface area contributed by atoms with Gasteiger partial charge in [0.25, 0.3) is 0 Å². The van der Waals surface area contributed by atoms with Crippen molar-refractivity contribution < 1.29 is 4.79 Å². The van der Waals surface area contributed by atoms with E-state index in [0.717, 1.165) is 21.3 Å². The van der Waals surface area contributed by atoms with E-state index >= 15 is 0 Å². The van der Waals surface area contributed by atoms with Crippen molar-refractivity contribution in [3.8, 4) is 0 Å². The van der Waals surface area contributed by atoms with Crippen molar-refractivity contribution in [1.82, 2.24) is 0 Å². The van der Waals surface area contributed by atoms with Crippen LogP contribution in [0.5, 0.6) is 0 Å². The number of nitrogens with one attached hydrogen (secondary N) is 1. The van der Waals surface area contributed by atoms with Crippen molar-refractivity contribution in [2.75, 3.05) is 5.32 Å². The molecule has 3 N–H and O–H groups in total. The molecule has 2 aromatic rings. The lowest BCUT2D eigenvalue weighted by molar-refractivity contribution is 0.1000. The number of hydrogen-bond donors (Lipinski definition) is 2. The highest BCUT2D eigenvalue weighted by Crippen LogP contribution is 2.23. The summed E-state index contributed by atoms with van der Waals surface area (Å²) in [4.78, 5) is 11.1. The number of hydrogen-bond acceptors (Lipinski definition) is 2. The summed E-state index contributed by atoms with van der Waals surface area (Å²) in [7, 11) is 0. The summed E-state index contributed by atoms with van der Waals surface area (Å²) in [6.07, 6.45) is 0. The number of rotatable bonds is 4. The van der Waals surface area contributed by atoms with Gasteiger partial charge in [0.1, 0.15) is 0 Å². The maximum atomic E-state index is 11.1. The summed E-state index contributed by atoms with van der Waals surface area (Å²) < 4.78 is 0.986. The van der Waals surface area contributed by atoms with Crippen LogP contribution in [0.4, 0.5) is 5.69 Å². The molecule has 2 aromatic carbocycles. The summed E-state index contributed by atoms with van der Waals surface area (Å²) in [6.45, 7) is 2.53. The van der Waals surface area contributed by atoms with E-state index in [4.69, 9.17) is 17.3 Å². The molecule has 2 rings (SSSR count). The summed E-state index contributed by atoms with van der Waals surface area (Å²) in [5, 5.41) is 4.02. The highest BCUT2D eigenvalue weighted by atomic mass is 79.9. The lowest BCUT2D eigenvalue weighted by Crippen LogP contribution is -2.11. The fourth-order valence-corrected chi connectivity index (χ4v) is 2.48. The van der Waals surface area contributed by atoms with Gasteiger partial charge < -0.3 is 11.1 Å². The number of carbonyl (C=O) groups is 1. The van der Waals surface area contributed by atoms with Gasteiger partial charge in [0.2, 0.25) is 5.91 Å². The normalized spacial score (nSPS) is 10.3. The molecular formula is C15H14BrClN2O. The number of carbonyl (C=O) groups excluding carboxylic acids is 1. The molecule has 0 heterocycles. The van der Waals surface area contributed by atoms with Crippen molar-refractivity contribution in [3.05, 3.63) is 62.6 Å². The first-order valence-corrected chi connectivity index (χ1v) is 7.22. The van der Waals surface area contributed by atoms with Gasteiger partial charge in [-0.3, -0.25) is 4.79 Å². The third-order valence-corrected chi connectivity index (χ3v) is 3.85. The van der Waals surface area contributed by atoms with E-state index in [-0.39, 0.29) is 0 Å². The van der Waals surface area contributed by atoms with E-state index in [1.54, 1.807) is 12.1 Å². The van der Waals surface area contributed by atoms with E-state index in [1.807, 2.05) is 31.2 Å². The lowest BCUT2D eigenvalue weighted by Gasteiger charge is -2.12. The fraction of sp³-hybridized carbons (Fsp3) is 0.133. The van der Waals surface area contributed by atoms with Gasteiger partial charge in [-0.05, 0) is 54.4 Å². The molecule has 0 bridgehead atoms. The first-order valence-electron chi connectivity index (χ1n) is 6.05. The van der Waals surface area contributed by atoms with Crippen LogP contribution in [0.25, 0.3) is 0 Å². The molecule has 0 aromatic heterocycles. The Balaban J connectivity index is 2.15. The Morgan fingerprint density at radius 2 is 2.05 bits per heavy atom. The molecule has 0 aliphatic carbocycles. The molecule has 0 saturated heterocycles. The maximum absolute atomic E-state index is 11.1. The second kappa shape index (κ2) is 6.29. The van der Waals surface area contributed by atoms with Crippen molar-refractivity contribution in [2.24, 2.45) is 5.73 Å². The van der Waals surface area contributed by atoms with Crippen molar-refractivity contribution in [3.63, 3.8) is 0 Å². The van der Waals surface area contributed by atoms with Crippen LogP contribution in [0.1, 0.15) is 21.5 Å². The first kappa shape index (κ1) is 14.9. The van der Waals surface area contributed by atoms with Crippen LogP contribution in [0.2, 0.25) is 5.02 Å². The maximum Gasteiger partial charge on any atom is 0.248 e. The molecule has 5 heteroatoms. The third-order valence-electron chi connectivity index (χ3n) is 2.99. The number of halogens is 2. The molecule has 0 unspecified atom stereocenters. The minimum atomic E-state index is -0.422. The Bertz CT molecular complexity index is 658. The van der Waals surface area contributed by atoms with Gasteiger partial charge in [-0.25, -0.2) is 0 Å². The van der Waals surface area contributed by atoms with Crippen LogP contribution in [-0.2, 0) is 6.54 Å². The molecule has 104 valence electrons. The second-order valence-electron chi connectivity index (χ2n) is 4.48. The number of primary amides is 1. The van der Waals surface area contributed by atoms with E-state index in [0.29, 0.717) is 17.1 Å². The lowest BCUT2D eigenvalue weighted by atomic mass is 10.1. The van der Waals surface area contributed by atoms with Crippen LogP contribution in [-0.4, -0.2) is 5.91 Å². The number of nitrogens with two attached hydrogens (primary N) is 1. The summed E-state index contributed by atoms with van der Waals surface area (Å²) >= 11 is 9.57. The van der Waals surface area contributed by atoms with Crippen LogP contribution < -0.4 is 11.1 Å². The molecule has 20 heavy (non-hydrogen) atoms. The van der Waals surface area contributed by atoms with Crippen LogP contribution in [0, 0.1) is 6.92 Å². The zero-order valence-corrected chi connectivity index (χ0v) is 13.3. The standard InChI is InChI=1S/C15H14BrClN2O/c1-9-6-10(15(18)20)2-5-14(9)19-8-11-7-12(16)3-4-13(11)17/h2-7,19H,8H2,1H3,(H2,18,20). The second-order valence-corrected chi connectivity index (χ2v) is 5.81. The Morgan fingerprint density at radius 1 is 1.30 bits per heavy atom. The summed E-state index contributed by atoms with van der Waals surface area (Å²) in [5.41, 5.74) is 8.67. The van der Waals surface area contributed by atoms with Gasteiger partial charge >= 0.3 is 0 Å². The van der Waals surface area contributed by atoms with Gasteiger partial charge in [-0.2, -0.15) is 0 Å². The summed E-state index contributed by atoms with van der Waals surface area (Å²) in [5.74, 6) is -0.422. The average Bonchev–Trinajstić information content (AvgIpc) is 2.40. The largest absolute Gasteiger partial charge is 0.381 e. The third kappa shape index (κ3) is 3.52. The Hall–Kier alpha value is -1.52. The molecule has 0 spiro atoms. The number of anilines is 1. The van der Waals surface area contributed by atoms with Crippen LogP contribution >= 0.6 is 27.5 Å². The SMILES string of the molecule is Cc1cc(C(N)=O)ccc1NCc1cc(Br)ccc1Cl. The van der Waals surface area contributed by atoms with E-state index in [1.165, 1.54) is 0 Å². The molecule has 0 radical (unpaired) electrons. The van der Waals surface area contributed by atoms with E-state index < -0.39 is 5.91 Å². The molecule has 0 atom stereocenters.